The van der Waals surface area contributed by atoms with Crippen molar-refractivity contribution in [2.24, 2.45) is 5.92 Å². The number of esters is 1. The van der Waals surface area contributed by atoms with Gasteiger partial charge in [0.25, 0.3) is 5.91 Å². The number of benzene rings is 2. The van der Waals surface area contributed by atoms with Gasteiger partial charge in [-0.15, -0.1) is 0 Å². The topological polar surface area (TPSA) is 64.6 Å². The average molecular weight is 383 g/mol. The molecule has 150 valence electrons. The van der Waals surface area contributed by atoms with Crippen molar-refractivity contribution in [2.75, 3.05) is 13.2 Å². The molecule has 28 heavy (non-hydrogen) atoms. The van der Waals surface area contributed by atoms with Crippen molar-refractivity contribution in [3.05, 3.63) is 65.7 Å². The fraction of sp³-hybridized carbons (Fsp3) is 0.391. The number of hydrogen-bond donors (Lipinski definition) is 1. The smallest absolute Gasteiger partial charge is 0.328 e. The predicted molar refractivity (Wildman–Crippen MR) is 109 cm³/mol. The first-order chi connectivity index (χ1) is 13.5. The number of nitrogens with one attached hydrogen (secondary N) is 1. The van der Waals surface area contributed by atoms with Gasteiger partial charge in [-0.3, -0.25) is 4.79 Å². The van der Waals surface area contributed by atoms with Crippen LogP contribution in [0.5, 0.6) is 5.75 Å². The third-order valence-electron chi connectivity index (χ3n) is 4.24. The maximum Gasteiger partial charge on any atom is 0.328 e. The molecule has 0 aliphatic heterocycles. The van der Waals surface area contributed by atoms with E-state index in [1.807, 2.05) is 30.3 Å². The first-order valence-electron chi connectivity index (χ1n) is 9.74. The summed E-state index contributed by atoms with van der Waals surface area (Å²) < 4.78 is 10.8. The molecular weight excluding hydrogens is 354 g/mol. The Bertz CT molecular complexity index is 741. The van der Waals surface area contributed by atoms with Gasteiger partial charge in [-0.25, -0.2) is 4.79 Å². The Morgan fingerprint density at radius 1 is 1.00 bits per heavy atom. The number of rotatable bonds is 10. The Kier molecular flexibility index (Phi) is 8.53. The Labute approximate surface area is 167 Å². The first-order valence-corrected chi connectivity index (χ1v) is 9.74. The third-order valence-corrected chi connectivity index (χ3v) is 4.24. The summed E-state index contributed by atoms with van der Waals surface area (Å²) in [5.41, 5.74) is 1.42. The van der Waals surface area contributed by atoms with Crippen LogP contribution >= 0.6 is 0 Å². The lowest BCUT2D eigenvalue weighted by atomic mass is 10.1. The van der Waals surface area contributed by atoms with Crippen LogP contribution < -0.4 is 10.1 Å². The van der Waals surface area contributed by atoms with Crippen molar-refractivity contribution in [1.82, 2.24) is 5.32 Å². The zero-order valence-corrected chi connectivity index (χ0v) is 16.8. The molecule has 0 spiro atoms. The normalized spacial score (nSPS) is 11.7. The number of amides is 1. The second-order valence-corrected chi connectivity index (χ2v) is 7.02. The van der Waals surface area contributed by atoms with E-state index in [1.165, 1.54) is 0 Å². The molecule has 0 radical (unpaired) electrons. The van der Waals surface area contributed by atoms with E-state index < -0.39 is 12.0 Å². The lowest BCUT2D eigenvalue weighted by Crippen LogP contribution is -2.43. The van der Waals surface area contributed by atoms with Crippen LogP contribution in [0.1, 0.15) is 43.1 Å². The largest absolute Gasteiger partial charge is 0.494 e. The average Bonchev–Trinajstić information content (AvgIpc) is 2.68. The highest BCUT2D eigenvalue weighted by molar-refractivity contribution is 5.96. The van der Waals surface area contributed by atoms with Crippen LogP contribution in [0.4, 0.5) is 0 Å². The van der Waals surface area contributed by atoms with Crippen LogP contribution in [0.2, 0.25) is 0 Å². The minimum absolute atomic E-state index is 0.266. The van der Waals surface area contributed by atoms with Gasteiger partial charge >= 0.3 is 5.97 Å². The molecule has 0 aliphatic carbocycles. The molecule has 0 heterocycles. The SMILES string of the molecule is CCOC(=O)C(Cc1ccccc1)NC(=O)c1ccc(OCCC(C)C)cc1. The lowest BCUT2D eigenvalue weighted by Gasteiger charge is -2.17. The Hall–Kier alpha value is -2.82. The van der Waals surface area contributed by atoms with E-state index in [2.05, 4.69) is 19.2 Å². The standard InChI is InChI=1S/C23H29NO4/c1-4-27-23(26)21(16-18-8-6-5-7-9-18)24-22(25)19-10-12-20(13-11-19)28-15-14-17(2)3/h5-13,17,21H,4,14-16H2,1-3H3,(H,24,25). The predicted octanol–water partition coefficient (Wildman–Crippen LogP) is 4.02. The molecule has 5 nitrogen and oxygen atoms in total. The molecular formula is C23H29NO4. The van der Waals surface area contributed by atoms with Gasteiger partial charge in [-0.05, 0) is 49.1 Å². The number of ether oxygens (including phenoxy) is 2. The number of hydrogen-bond acceptors (Lipinski definition) is 4. The van der Waals surface area contributed by atoms with Crippen molar-refractivity contribution in [3.8, 4) is 5.75 Å². The highest BCUT2D eigenvalue weighted by atomic mass is 16.5. The molecule has 1 amide bonds. The summed E-state index contributed by atoms with van der Waals surface area (Å²) in [6, 6.07) is 15.7. The van der Waals surface area contributed by atoms with Crippen LogP contribution in [-0.2, 0) is 16.0 Å². The zero-order valence-electron chi connectivity index (χ0n) is 16.8. The monoisotopic (exact) mass is 383 g/mol. The quantitative estimate of drug-likeness (QED) is 0.630. The third kappa shape index (κ3) is 7.06. The van der Waals surface area contributed by atoms with Crippen molar-refractivity contribution in [2.45, 2.75) is 39.7 Å². The molecule has 2 rings (SSSR count). The van der Waals surface area contributed by atoms with Gasteiger partial charge in [0.15, 0.2) is 0 Å². The summed E-state index contributed by atoms with van der Waals surface area (Å²) >= 11 is 0. The first kappa shape index (κ1) is 21.5. The van der Waals surface area contributed by atoms with Crippen LogP contribution in [0.15, 0.2) is 54.6 Å². The summed E-state index contributed by atoms with van der Waals surface area (Å²) in [5, 5.41) is 2.79. The van der Waals surface area contributed by atoms with E-state index >= 15 is 0 Å². The maximum absolute atomic E-state index is 12.6. The maximum atomic E-state index is 12.6. The molecule has 2 aromatic carbocycles. The van der Waals surface area contributed by atoms with E-state index in [9.17, 15) is 9.59 Å². The fourth-order valence-electron chi connectivity index (χ4n) is 2.64. The van der Waals surface area contributed by atoms with E-state index in [0.717, 1.165) is 17.7 Å². The molecule has 0 bridgehead atoms. The van der Waals surface area contributed by atoms with Gasteiger partial charge in [-0.2, -0.15) is 0 Å². The Balaban J connectivity index is 2.00. The lowest BCUT2D eigenvalue weighted by molar-refractivity contribution is -0.145. The summed E-state index contributed by atoms with van der Waals surface area (Å²) in [6.07, 6.45) is 1.35. The van der Waals surface area contributed by atoms with E-state index in [1.54, 1.807) is 31.2 Å². The van der Waals surface area contributed by atoms with Gasteiger partial charge in [0.2, 0.25) is 0 Å². The van der Waals surface area contributed by atoms with Crippen molar-refractivity contribution in [1.29, 1.82) is 0 Å². The molecule has 2 aromatic rings. The van der Waals surface area contributed by atoms with Crippen LogP contribution in [-0.4, -0.2) is 31.1 Å². The molecule has 1 unspecified atom stereocenters. The van der Waals surface area contributed by atoms with Crippen molar-refractivity contribution >= 4 is 11.9 Å². The Morgan fingerprint density at radius 3 is 2.29 bits per heavy atom. The fourth-order valence-corrected chi connectivity index (χ4v) is 2.64. The van der Waals surface area contributed by atoms with Crippen LogP contribution in [0.25, 0.3) is 0 Å². The summed E-state index contributed by atoms with van der Waals surface area (Å²) in [4.78, 5) is 24.9. The van der Waals surface area contributed by atoms with E-state index in [-0.39, 0.29) is 12.5 Å². The second kappa shape index (κ2) is 11.1. The molecule has 0 saturated heterocycles. The van der Waals surface area contributed by atoms with Gasteiger partial charge in [-0.1, -0.05) is 44.2 Å². The zero-order chi connectivity index (χ0) is 20.4. The van der Waals surface area contributed by atoms with Crippen molar-refractivity contribution in [3.63, 3.8) is 0 Å². The molecule has 1 N–H and O–H groups in total. The summed E-state index contributed by atoms with van der Waals surface area (Å²) in [5.74, 6) is 0.550. The van der Waals surface area contributed by atoms with Gasteiger partial charge < -0.3 is 14.8 Å². The van der Waals surface area contributed by atoms with Crippen molar-refractivity contribution < 1.29 is 19.1 Å². The van der Waals surface area contributed by atoms with Crippen LogP contribution in [0.3, 0.4) is 0 Å². The summed E-state index contributed by atoms with van der Waals surface area (Å²) in [7, 11) is 0. The van der Waals surface area contributed by atoms with E-state index in [0.29, 0.717) is 24.5 Å². The molecule has 0 saturated carbocycles. The minimum Gasteiger partial charge on any atom is -0.494 e. The highest BCUT2D eigenvalue weighted by Crippen LogP contribution is 2.14. The van der Waals surface area contributed by atoms with Gasteiger partial charge in [0, 0.05) is 12.0 Å². The van der Waals surface area contributed by atoms with Gasteiger partial charge in [0.05, 0.1) is 13.2 Å². The molecule has 0 aromatic heterocycles. The molecule has 0 fully saturated rings. The van der Waals surface area contributed by atoms with Gasteiger partial charge in [0.1, 0.15) is 11.8 Å². The molecule has 5 heteroatoms. The second-order valence-electron chi connectivity index (χ2n) is 7.02. The highest BCUT2D eigenvalue weighted by Gasteiger charge is 2.23. The molecule has 1 atom stereocenters. The van der Waals surface area contributed by atoms with E-state index in [4.69, 9.17) is 9.47 Å². The van der Waals surface area contributed by atoms with Crippen LogP contribution in [0, 0.1) is 5.92 Å². The Morgan fingerprint density at radius 2 is 1.68 bits per heavy atom. The minimum atomic E-state index is -0.739. The number of carbonyl (C=O) groups is 2. The molecule has 0 aliphatic rings. The summed E-state index contributed by atoms with van der Waals surface area (Å²) in [6.45, 7) is 6.95. The number of carbonyl (C=O) groups excluding carboxylic acids is 2.